The Kier molecular flexibility index (Phi) is 21.1. The van der Waals surface area contributed by atoms with Crippen molar-refractivity contribution in [3.05, 3.63) is 11.6 Å². The maximum Gasteiger partial charge on any atom is 0.335 e. The number of carboxylic acid groups (broad SMARTS) is 1. The third-order valence-corrected chi connectivity index (χ3v) is 24.7. The van der Waals surface area contributed by atoms with Gasteiger partial charge in [-0.2, -0.15) is 0 Å². The fraction of sp³-hybridized carbons (Fsp3) is 0.922. The van der Waals surface area contributed by atoms with Crippen molar-refractivity contribution in [3.8, 4) is 0 Å². The minimum atomic E-state index is -2.09. The molecule has 11 aliphatic rings. The van der Waals surface area contributed by atoms with Gasteiger partial charge in [-0.25, -0.2) is 4.79 Å². The molecule has 37 atom stereocenters. The van der Waals surface area contributed by atoms with Gasteiger partial charge < -0.3 is 143 Å². The molecule has 0 aromatic heterocycles. The van der Waals surface area contributed by atoms with Crippen LogP contribution in [-0.2, 0) is 71.2 Å². The summed E-state index contributed by atoms with van der Waals surface area (Å²) >= 11 is 0. The highest BCUT2D eigenvalue weighted by molar-refractivity contribution is 5.79. The average molecular weight is 1370 g/mol. The Bertz CT molecular complexity index is 2760. The van der Waals surface area contributed by atoms with E-state index in [0.29, 0.717) is 57.8 Å². The molecule has 4 saturated carbocycles. The molecule has 16 N–H and O–H groups in total. The summed E-state index contributed by atoms with van der Waals surface area (Å²) in [5.74, 6) is -3.01. The van der Waals surface area contributed by atoms with Gasteiger partial charge in [0, 0.05) is 0 Å². The van der Waals surface area contributed by atoms with E-state index in [-0.39, 0.29) is 29.6 Å². The van der Waals surface area contributed by atoms with Crippen LogP contribution in [0.15, 0.2) is 11.6 Å². The lowest BCUT2D eigenvalue weighted by molar-refractivity contribution is -0.378. The number of esters is 1. The molecule has 6 saturated heterocycles. The number of aliphatic hydroxyl groups is 15. The van der Waals surface area contributed by atoms with Crippen LogP contribution in [0.4, 0.5) is 0 Å². The van der Waals surface area contributed by atoms with Gasteiger partial charge in [-0.15, -0.1) is 0 Å². The molecule has 31 heteroatoms. The molecule has 0 aromatic rings. The second-order valence-corrected chi connectivity index (χ2v) is 30.7. The van der Waals surface area contributed by atoms with E-state index in [1.807, 2.05) is 0 Å². The van der Waals surface area contributed by atoms with E-state index < -0.39 is 237 Å². The van der Waals surface area contributed by atoms with Crippen molar-refractivity contribution in [2.45, 2.75) is 298 Å². The molecule has 2 unspecified atom stereocenters. The minimum Gasteiger partial charge on any atom is -0.479 e. The SMILES string of the molecule is C[C@@H]1O[C@@H](O[C@H]2[C@H](OC(=O)[C@]34CCC(C)(C)C[C@H]3C3=CCC5[C@@]6(C)CC[C@H](O[C@@H]7O[C@H](C(=O)O)[C@@H](O)[C@H](O)[C@H]7O[C@@H]7O[C@H](CO)[C@H](O)[C@H](O)[C@H]7O)[C@@](C)(C=O)C6CC[C@@]5(C)[C@]3(C)CC4)O[C@H](C)[C@H](O)[C@@H]2O)[C@H](O)[C@H](O)[C@H]1O[C@@H]1OC[C@@H](O)[C@H](O[C@@H]2OC[C@@H](O)[C@H](O)[C@H]2O)[C@H]1O. The van der Waals surface area contributed by atoms with E-state index >= 15 is 4.79 Å². The molecule has 5 aliphatic carbocycles. The summed E-state index contributed by atoms with van der Waals surface area (Å²) < 4.78 is 71.2. The van der Waals surface area contributed by atoms with E-state index in [1.54, 1.807) is 6.92 Å². The standard InChI is InChI=1S/C64H100O31/c1-24-34(69)38(73)49(93-54-44(79)41(76)46(25(2)87-54)90-53-45(80)47(29(68)22-85-53)91-52-42(77)35(70)28(67)21-84-52)56(86-24)95-58(83)64-17-15-59(3,4)19-27(64)26-9-10-32-60(5)13-12-33(61(6,23-66)31(60)11-14-63(32,8)62(26,7)16-18-64)89-57-50(40(75)39(74)48(92-57)51(81)82)94-55-43(78)37(72)36(71)30(20-65)88-55/h9,23-25,27-50,52-57,65,67-80H,10-22H2,1-8H3,(H,81,82)/t24-,25+,27+,28-,29-,30-,31?,32?,33+,34+,35+,36+,37+,38+,39+,40+,41+,42-,43-,44-,45-,46+,47+,48+,49-,50-,52+,53+,54+,55+,56+,57-,60+,61+,62-,63-,64+/m1/s1. The zero-order valence-electron chi connectivity index (χ0n) is 54.6. The van der Waals surface area contributed by atoms with Crippen LogP contribution < -0.4 is 0 Å². The summed E-state index contributed by atoms with van der Waals surface area (Å²) in [6.07, 6.45) is -40.7. The first-order valence-corrected chi connectivity index (χ1v) is 33.4. The first-order valence-electron chi connectivity index (χ1n) is 33.4. The third kappa shape index (κ3) is 12.5. The molecular formula is C64H100O31. The molecule has 6 heterocycles. The molecule has 6 aliphatic heterocycles. The molecule has 95 heavy (non-hydrogen) atoms. The van der Waals surface area contributed by atoms with Gasteiger partial charge in [0.2, 0.25) is 6.29 Å². The van der Waals surface area contributed by atoms with Gasteiger partial charge >= 0.3 is 11.9 Å². The van der Waals surface area contributed by atoms with E-state index in [2.05, 4.69) is 40.7 Å². The lowest BCUT2D eigenvalue weighted by Gasteiger charge is -2.71. The largest absolute Gasteiger partial charge is 0.479 e. The number of hydrogen-bond donors (Lipinski definition) is 16. The maximum absolute atomic E-state index is 15.6. The number of aliphatic hydroxyl groups excluding tert-OH is 15. The number of rotatable bonds is 15. The summed E-state index contributed by atoms with van der Waals surface area (Å²) in [5, 5.41) is 173. The topological polar surface area (TPSA) is 486 Å². The summed E-state index contributed by atoms with van der Waals surface area (Å²) in [6.45, 7) is 14.0. The van der Waals surface area contributed by atoms with Crippen LogP contribution in [0.5, 0.6) is 0 Å². The van der Waals surface area contributed by atoms with Crippen molar-refractivity contribution in [2.24, 2.45) is 50.2 Å². The fourth-order valence-electron chi connectivity index (χ4n) is 18.7. The van der Waals surface area contributed by atoms with Crippen LogP contribution in [0, 0.1) is 50.2 Å². The minimum absolute atomic E-state index is 0.0388. The second kappa shape index (κ2) is 27.3. The number of carbonyl (C=O) groups excluding carboxylic acids is 2. The molecule has 31 nitrogen and oxygen atoms in total. The van der Waals surface area contributed by atoms with Crippen LogP contribution in [0.2, 0.25) is 0 Å². The van der Waals surface area contributed by atoms with E-state index in [9.17, 15) is 91.3 Å². The van der Waals surface area contributed by atoms with Gasteiger partial charge in [-0.1, -0.05) is 53.2 Å². The van der Waals surface area contributed by atoms with Crippen molar-refractivity contribution in [2.75, 3.05) is 19.8 Å². The number of aliphatic carboxylic acids is 1. The molecule has 11 rings (SSSR count). The molecule has 0 amide bonds. The van der Waals surface area contributed by atoms with Crippen LogP contribution in [0.1, 0.15) is 120 Å². The fourth-order valence-corrected chi connectivity index (χ4v) is 18.7. The first-order chi connectivity index (χ1) is 44.5. The predicted octanol–water partition coefficient (Wildman–Crippen LogP) is -3.78. The number of ether oxygens (including phenoxy) is 12. The smallest absolute Gasteiger partial charge is 0.335 e. The van der Waals surface area contributed by atoms with Crippen LogP contribution in [0.3, 0.4) is 0 Å². The van der Waals surface area contributed by atoms with Gasteiger partial charge in [0.1, 0.15) is 116 Å². The van der Waals surface area contributed by atoms with E-state index in [1.165, 1.54) is 13.8 Å². The molecule has 0 aromatic carbocycles. The Labute approximate surface area is 549 Å². The van der Waals surface area contributed by atoms with Gasteiger partial charge in [0.05, 0.1) is 49.0 Å². The Hall–Kier alpha value is -2.69. The van der Waals surface area contributed by atoms with Crippen molar-refractivity contribution < 1.29 is 153 Å². The Morgan fingerprint density at radius 1 is 0.537 bits per heavy atom. The number of carbonyl (C=O) groups is 3. The molecular weight excluding hydrogens is 1260 g/mol. The van der Waals surface area contributed by atoms with Crippen LogP contribution >= 0.6 is 0 Å². The quantitative estimate of drug-likeness (QED) is 0.0324. The third-order valence-electron chi connectivity index (χ3n) is 24.7. The van der Waals surface area contributed by atoms with Crippen LogP contribution in [-0.4, -0.2) is 298 Å². The second-order valence-electron chi connectivity index (χ2n) is 30.7. The normalized spacial score (nSPS) is 54.7. The number of aldehydes is 1. The molecule has 10 fully saturated rings. The molecule has 0 radical (unpaired) electrons. The summed E-state index contributed by atoms with van der Waals surface area (Å²) in [6, 6.07) is 0. The number of fused-ring (bicyclic) bond motifs is 7. The molecule has 542 valence electrons. The van der Waals surface area contributed by atoms with Crippen molar-refractivity contribution >= 4 is 18.2 Å². The van der Waals surface area contributed by atoms with Gasteiger partial charge in [0.25, 0.3) is 0 Å². The van der Waals surface area contributed by atoms with Crippen molar-refractivity contribution in [1.82, 2.24) is 0 Å². The highest BCUT2D eigenvalue weighted by atomic mass is 16.8. The maximum atomic E-state index is 15.6. The summed E-state index contributed by atoms with van der Waals surface area (Å²) in [5.41, 5.74) is -3.01. The average Bonchev–Trinajstić information content (AvgIpc) is 0.675. The van der Waals surface area contributed by atoms with E-state index in [4.69, 9.17) is 56.8 Å². The molecule has 0 bridgehead atoms. The number of hydrogen-bond acceptors (Lipinski definition) is 30. The number of allylic oxidation sites excluding steroid dienone is 2. The van der Waals surface area contributed by atoms with Gasteiger partial charge in [0.15, 0.2) is 43.7 Å². The lowest BCUT2D eigenvalue weighted by Crippen LogP contribution is -2.68. The van der Waals surface area contributed by atoms with Crippen molar-refractivity contribution in [1.29, 1.82) is 0 Å². The van der Waals surface area contributed by atoms with E-state index in [0.717, 1.165) is 11.9 Å². The Morgan fingerprint density at radius 2 is 1.11 bits per heavy atom. The molecule has 0 spiro atoms. The summed E-state index contributed by atoms with van der Waals surface area (Å²) in [7, 11) is 0. The number of carboxylic acids is 1. The Balaban J connectivity index is 0.798. The van der Waals surface area contributed by atoms with Crippen LogP contribution in [0.25, 0.3) is 0 Å². The highest BCUT2D eigenvalue weighted by Crippen LogP contribution is 2.76. The van der Waals surface area contributed by atoms with Gasteiger partial charge in [-0.3, -0.25) is 4.79 Å². The zero-order valence-corrected chi connectivity index (χ0v) is 54.6. The lowest BCUT2D eigenvalue weighted by atomic mass is 9.33. The first kappa shape index (κ1) is 73.5. The highest BCUT2D eigenvalue weighted by Gasteiger charge is 2.71. The zero-order chi connectivity index (χ0) is 69.3. The van der Waals surface area contributed by atoms with Gasteiger partial charge in [-0.05, 0) is 117 Å². The predicted molar refractivity (Wildman–Crippen MR) is 314 cm³/mol. The Morgan fingerprint density at radius 3 is 1.77 bits per heavy atom. The summed E-state index contributed by atoms with van der Waals surface area (Å²) in [4.78, 5) is 42.0. The van der Waals surface area contributed by atoms with Crippen molar-refractivity contribution in [3.63, 3.8) is 0 Å². The monoisotopic (exact) mass is 1360 g/mol.